The quantitative estimate of drug-likeness (QED) is 0.158. The van der Waals surface area contributed by atoms with Gasteiger partial charge in [-0.25, -0.2) is 0 Å². The van der Waals surface area contributed by atoms with Gasteiger partial charge < -0.3 is 35.7 Å². The van der Waals surface area contributed by atoms with E-state index in [1.54, 1.807) is 0 Å². The maximum absolute atomic E-state index is 12.2. The number of hydrogen-bond acceptors (Lipinski definition) is 7. The van der Waals surface area contributed by atoms with E-state index in [-0.39, 0.29) is 52.2 Å². The van der Waals surface area contributed by atoms with E-state index in [4.69, 9.17) is 16.6 Å². The summed E-state index contributed by atoms with van der Waals surface area (Å²) in [6.07, 6.45) is 0. The number of phenolic OH excluding ortho intramolecular Hbond substituents is 3. The minimum absolute atomic E-state index is 0.0161. The predicted molar refractivity (Wildman–Crippen MR) is 110 cm³/mol. The number of rotatable bonds is 5. The third-order valence-corrected chi connectivity index (χ3v) is 4.13. The van der Waals surface area contributed by atoms with E-state index in [9.17, 15) is 24.9 Å². The minimum Gasteiger partial charge on any atom is -0.507 e. The molecular formula is C19H17N3O6S. The zero-order valence-electron chi connectivity index (χ0n) is 14.9. The van der Waals surface area contributed by atoms with Crippen molar-refractivity contribution in [2.75, 3.05) is 18.4 Å². The van der Waals surface area contributed by atoms with Crippen molar-refractivity contribution in [1.82, 2.24) is 10.6 Å². The monoisotopic (exact) mass is 415 g/mol. The summed E-state index contributed by atoms with van der Waals surface area (Å²) in [5, 5.41) is 37.0. The fraction of sp³-hybridized carbons (Fsp3) is 0.105. The molecule has 0 unspecified atom stereocenters. The third kappa shape index (κ3) is 4.74. The molecule has 0 atom stereocenters. The number of hydrogen-bond donors (Lipinski definition) is 6. The molecule has 0 spiro atoms. The van der Waals surface area contributed by atoms with E-state index < -0.39 is 11.3 Å². The summed E-state index contributed by atoms with van der Waals surface area (Å²) in [5.74, 6) is -1.50. The number of carbonyl (C=O) groups excluding carboxylic acids is 1. The number of fused-ring (bicyclic) bond motifs is 1. The Balaban J connectivity index is 1.52. The number of aromatic hydroxyl groups is 3. The highest BCUT2D eigenvalue weighted by molar-refractivity contribution is 7.80. The summed E-state index contributed by atoms with van der Waals surface area (Å²) >= 11 is 5.10. The highest BCUT2D eigenvalue weighted by Gasteiger charge is 2.14. The lowest BCUT2D eigenvalue weighted by Crippen LogP contribution is -2.36. The van der Waals surface area contributed by atoms with E-state index in [0.717, 1.165) is 6.07 Å². The summed E-state index contributed by atoms with van der Waals surface area (Å²) in [6, 6.07) is 9.54. The zero-order chi connectivity index (χ0) is 21.0. The van der Waals surface area contributed by atoms with E-state index in [2.05, 4.69) is 16.0 Å². The van der Waals surface area contributed by atoms with Gasteiger partial charge in [0.2, 0.25) is 0 Å². The molecule has 29 heavy (non-hydrogen) atoms. The van der Waals surface area contributed by atoms with Gasteiger partial charge in [0, 0.05) is 30.9 Å². The van der Waals surface area contributed by atoms with Gasteiger partial charge in [-0.3, -0.25) is 9.59 Å². The van der Waals surface area contributed by atoms with Crippen LogP contribution in [0.1, 0.15) is 10.6 Å². The first-order valence-corrected chi connectivity index (χ1v) is 8.87. The van der Waals surface area contributed by atoms with Crippen molar-refractivity contribution in [3.63, 3.8) is 0 Å². The van der Waals surface area contributed by atoms with E-state index >= 15 is 0 Å². The molecule has 0 saturated carbocycles. The summed E-state index contributed by atoms with van der Waals surface area (Å²) in [4.78, 5) is 24.3. The average Bonchev–Trinajstić information content (AvgIpc) is 2.67. The van der Waals surface area contributed by atoms with Crippen molar-refractivity contribution in [2.45, 2.75) is 0 Å². The Morgan fingerprint density at radius 3 is 2.48 bits per heavy atom. The number of anilines is 1. The third-order valence-electron chi connectivity index (χ3n) is 3.89. The van der Waals surface area contributed by atoms with E-state index in [1.807, 2.05) is 0 Å². The van der Waals surface area contributed by atoms with Gasteiger partial charge in [0.15, 0.2) is 27.8 Å². The van der Waals surface area contributed by atoms with Crippen LogP contribution in [0.4, 0.5) is 5.69 Å². The van der Waals surface area contributed by atoms with E-state index in [1.165, 1.54) is 36.4 Å². The van der Waals surface area contributed by atoms with Crippen LogP contribution in [0.2, 0.25) is 0 Å². The first-order valence-electron chi connectivity index (χ1n) is 8.46. The van der Waals surface area contributed by atoms with Gasteiger partial charge in [0.05, 0.1) is 0 Å². The molecule has 0 saturated heterocycles. The summed E-state index contributed by atoms with van der Waals surface area (Å²) in [6.45, 7) is 0.462. The van der Waals surface area contributed by atoms with Crippen LogP contribution >= 0.6 is 12.2 Å². The van der Waals surface area contributed by atoms with Crippen molar-refractivity contribution < 1.29 is 24.5 Å². The largest absolute Gasteiger partial charge is 0.507 e. The predicted octanol–water partition coefficient (Wildman–Crippen LogP) is 1.63. The second-order valence-electron chi connectivity index (χ2n) is 5.97. The topological polar surface area (TPSA) is 144 Å². The van der Waals surface area contributed by atoms with Gasteiger partial charge in [-0.15, -0.1) is 0 Å². The van der Waals surface area contributed by atoms with Gasteiger partial charge in [-0.05, 0) is 36.5 Å². The summed E-state index contributed by atoms with van der Waals surface area (Å²) in [7, 11) is 0. The minimum atomic E-state index is -0.587. The average molecular weight is 415 g/mol. The van der Waals surface area contributed by atoms with Crippen LogP contribution in [0.15, 0.2) is 51.7 Å². The number of phenols is 3. The molecule has 2 aromatic carbocycles. The summed E-state index contributed by atoms with van der Waals surface area (Å²) in [5.41, 5.74) is 0.0708. The first kappa shape index (κ1) is 20.0. The molecule has 6 N–H and O–H groups in total. The maximum Gasteiger partial charge on any atom is 0.287 e. The molecule has 0 aliphatic heterocycles. The van der Waals surface area contributed by atoms with Crippen LogP contribution in [0.5, 0.6) is 17.2 Å². The van der Waals surface area contributed by atoms with Crippen LogP contribution < -0.4 is 21.4 Å². The Hall–Kier alpha value is -3.79. The van der Waals surface area contributed by atoms with Crippen molar-refractivity contribution in [3.05, 3.63) is 58.4 Å². The second kappa shape index (κ2) is 8.48. The Morgan fingerprint density at radius 2 is 1.72 bits per heavy atom. The fourth-order valence-corrected chi connectivity index (χ4v) is 2.74. The Kier molecular flexibility index (Phi) is 5.84. The standard InChI is InChI=1S/C19H17N3O6S/c23-11-5-4-10(8-13(11)25)22-19(29)21-7-6-20-18(27)16-9-14(26)17-12(24)2-1-3-15(17)28-16/h1-5,8-9,23-25H,6-7H2,(H,20,27)(H2,21,22,29). The smallest absolute Gasteiger partial charge is 0.287 e. The lowest BCUT2D eigenvalue weighted by Gasteiger charge is -2.11. The number of nitrogens with one attached hydrogen (secondary N) is 3. The number of thiocarbonyl (C=S) groups is 1. The molecule has 3 rings (SSSR count). The van der Waals surface area contributed by atoms with Gasteiger partial charge in [0.25, 0.3) is 5.91 Å². The van der Waals surface area contributed by atoms with Crippen molar-refractivity contribution in [2.24, 2.45) is 0 Å². The molecule has 150 valence electrons. The summed E-state index contributed by atoms with van der Waals surface area (Å²) < 4.78 is 5.39. The number of amides is 1. The highest BCUT2D eigenvalue weighted by atomic mass is 32.1. The molecule has 3 aromatic rings. The SMILES string of the molecule is O=C(NCCNC(=S)Nc1ccc(O)c(O)c1)c1cc(=O)c2c(O)cccc2o1. The number of benzene rings is 2. The molecule has 0 aliphatic carbocycles. The molecule has 0 fully saturated rings. The molecule has 0 bridgehead atoms. The molecule has 1 heterocycles. The van der Waals surface area contributed by atoms with Gasteiger partial charge >= 0.3 is 0 Å². The van der Waals surface area contributed by atoms with Crippen molar-refractivity contribution in [1.29, 1.82) is 0 Å². The zero-order valence-corrected chi connectivity index (χ0v) is 15.7. The van der Waals surface area contributed by atoms with E-state index in [0.29, 0.717) is 5.69 Å². The normalized spacial score (nSPS) is 10.5. The van der Waals surface area contributed by atoms with Crippen LogP contribution in [-0.4, -0.2) is 39.4 Å². The Bertz CT molecular complexity index is 1140. The lowest BCUT2D eigenvalue weighted by atomic mass is 10.2. The lowest BCUT2D eigenvalue weighted by molar-refractivity contribution is 0.0927. The maximum atomic E-state index is 12.2. The van der Waals surface area contributed by atoms with Gasteiger partial charge in [-0.1, -0.05) is 6.07 Å². The molecule has 1 amide bonds. The fourth-order valence-electron chi connectivity index (χ4n) is 2.52. The van der Waals surface area contributed by atoms with Crippen LogP contribution in [-0.2, 0) is 0 Å². The highest BCUT2D eigenvalue weighted by Crippen LogP contribution is 2.27. The molecular weight excluding hydrogens is 398 g/mol. The van der Waals surface area contributed by atoms with Gasteiger partial charge in [-0.2, -0.15) is 0 Å². The molecule has 1 aromatic heterocycles. The molecule has 0 radical (unpaired) electrons. The van der Waals surface area contributed by atoms with Crippen LogP contribution in [0.25, 0.3) is 11.0 Å². The van der Waals surface area contributed by atoms with Crippen LogP contribution in [0, 0.1) is 0 Å². The molecule has 0 aliphatic rings. The van der Waals surface area contributed by atoms with Crippen LogP contribution in [0.3, 0.4) is 0 Å². The van der Waals surface area contributed by atoms with Crippen molar-refractivity contribution in [3.8, 4) is 17.2 Å². The molecule has 9 nitrogen and oxygen atoms in total. The number of carbonyl (C=O) groups is 1. The Morgan fingerprint density at radius 1 is 0.966 bits per heavy atom. The van der Waals surface area contributed by atoms with Gasteiger partial charge in [0.1, 0.15) is 16.7 Å². The first-order chi connectivity index (χ1) is 13.8. The van der Waals surface area contributed by atoms with Crippen molar-refractivity contribution >= 4 is 39.9 Å². The molecule has 10 heteroatoms. The Labute approximate surface area is 169 Å². The second-order valence-corrected chi connectivity index (χ2v) is 6.37.